The van der Waals surface area contributed by atoms with Gasteiger partial charge in [0.25, 0.3) is 0 Å². The number of carbonyl (C=O) groups is 2. The smallest absolute Gasteiger partial charge is 0.460 e. The first-order valence-electron chi connectivity index (χ1n) is 19.7. The first kappa shape index (κ1) is 59.3. The molecule has 68 heavy (non-hydrogen) atoms. The fraction of sp³-hybridized carbons (Fsp3) is 0.561. The lowest BCUT2D eigenvalue weighted by Crippen LogP contribution is -2.74. The standard InChI is InChI=1S/C41H46F17NO8Si/c1-8-20-65-31(60)18-17-30(63-7)32(67-33(61)59-27-11-15-28(62-6)16-12-27)26-9-13-29(14-10-26)64-21-22-66-68(24(2)3,25(4)5)23-19-34(42,43)35(44,45)36(46,47)37(48,49)38(50,51)39(52,53)40(54,55)41(56,57)58/h8-18,24-25,30,32H,1,19-23H2,2-7H3,(H,59,61)/b18-17+/t30-,32-/m0/s1. The van der Waals surface area contributed by atoms with Crippen molar-refractivity contribution in [3.05, 3.63) is 78.9 Å². The van der Waals surface area contributed by atoms with Crippen LogP contribution in [-0.4, -0.2) is 108 Å². The highest BCUT2D eigenvalue weighted by Gasteiger charge is 2.95. The van der Waals surface area contributed by atoms with E-state index >= 15 is 8.78 Å². The minimum Gasteiger partial charge on any atom is -0.497 e. The summed E-state index contributed by atoms with van der Waals surface area (Å²) in [6, 6.07) is 10.2. The quantitative estimate of drug-likeness (QED) is 0.0248. The summed E-state index contributed by atoms with van der Waals surface area (Å²) >= 11 is 0. The zero-order valence-corrected chi connectivity index (χ0v) is 37.6. The van der Waals surface area contributed by atoms with Gasteiger partial charge in [0.2, 0.25) is 0 Å². The van der Waals surface area contributed by atoms with Crippen LogP contribution in [0.15, 0.2) is 73.3 Å². The van der Waals surface area contributed by atoms with Crippen LogP contribution in [0.2, 0.25) is 17.1 Å². The molecule has 0 aromatic heterocycles. The number of rotatable bonds is 26. The number of hydrogen-bond donors (Lipinski definition) is 1. The number of carbonyl (C=O) groups excluding carboxylic acids is 2. The molecule has 0 saturated carbocycles. The molecule has 2 atom stereocenters. The summed E-state index contributed by atoms with van der Waals surface area (Å²) in [5.41, 5.74) is -1.27. The molecule has 0 bridgehead atoms. The second kappa shape index (κ2) is 22.3. The number of methoxy groups -OCH3 is 2. The second-order valence-corrected chi connectivity index (χ2v) is 20.3. The molecule has 2 aromatic rings. The average molecular weight is 1030 g/mol. The van der Waals surface area contributed by atoms with Crippen molar-refractivity contribution in [2.75, 3.05) is 39.4 Å². The number of esters is 1. The molecule has 0 spiro atoms. The van der Waals surface area contributed by atoms with E-state index < -0.39 is 117 Å². The van der Waals surface area contributed by atoms with Crippen LogP contribution in [0, 0.1) is 0 Å². The maximum atomic E-state index is 15.0. The van der Waals surface area contributed by atoms with E-state index in [9.17, 15) is 75.4 Å². The maximum absolute atomic E-state index is 15.0. The van der Waals surface area contributed by atoms with Crippen LogP contribution in [0.1, 0.15) is 45.8 Å². The number of nitrogens with one attached hydrogen (secondary N) is 1. The molecule has 2 rings (SSSR count). The van der Waals surface area contributed by atoms with E-state index in [1.807, 2.05) is 0 Å². The third kappa shape index (κ3) is 12.3. The zero-order chi connectivity index (χ0) is 52.5. The van der Waals surface area contributed by atoms with Gasteiger partial charge in [-0.2, -0.15) is 74.6 Å². The number of anilines is 1. The summed E-state index contributed by atoms with van der Waals surface area (Å²) in [5.74, 6) is -57.2. The van der Waals surface area contributed by atoms with Gasteiger partial charge in [0.05, 0.1) is 13.7 Å². The number of ether oxygens (including phenoxy) is 5. The number of benzene rings is 2. The molecule has 1 amide bonds. The Labute approximate surface area is 379 Å². The minimum atomic E-state index is -8.71. The number of amides is 1. The average Bonchev–Trinajstić information content (AvgIpc) is 3.24. The Morgan fingerprint density at radius 2 is 1.16 bits per heavy atom. The van der Waals surface area contributed by atoms with E-state index in [-0.39, 0.29) is 17.9 Å². The Kier molecular flexibility index (Phi) is 19.5. The Balaban J connectivity index is 2.33. The predicted octanol–water partition coefficient (Wildman–Crippen LogP) is 12.8. The van der Waals surface area contributed by atoms with Gasteiger partial charge in [0.15, 0.2) is 14.4 Å². The van der Waals surface area contributed by atoms with Crippen molar-refractivity contribution >= 4 is 26.1 Å². The predicted molar refractivity (Wildman–Crippen MR) is 211 cm³/mol. The fourth-order valence-corrected chi connectivity index (χ4v) is 10.9. The van der Waals surface area contributed by atoms with Gasteiger partial charge in [0.1, 0.15) is 30.8 Å². The Hall–Kier alpha value is -4.79. The summed E-state index contributed by atoms with van der Waals surface area (Å²) in [6.07, 6.45) is -10.2. The van der Waals surface area contributed by atoms with Gasteiger partial charge in [-0.15, -0.1) is 0 Å². The molecule has 1 N–H and O–H groups in total. The van der Waals surface area contributed by atoms with Crippen molar-refractivity contribution in [3.8, 4) is 11.5 Å². The van der Waals surface area contributed by atoms with Crippen LogP contribution in [-0.2, 0) is 23.4 Å². The van der Waals surface area contributed by atoms with Crippen molar-refractivity contribution in [1.29, 1.82) is 0 Å². The lowest BCUT2D eigenvalue weighted by Gasteiger charge is -2.44. The topological polar surface area (TPSA) is 102 Å². The first-order chi connectivity index (χ1) is 31.0. The van der Waals surface area contributed by atoms with Crippen LogP contribution in [0.3, 0.4) is 0 Å². The largest absolute Gasteiger partial charge is 0.497 e. The van der Waals surface area contributed by atoms with E-state index in [0.717, 1.165) is 6.08 Å². The summed E-state index contributed by atoms with van der Waals surface area (Å²) in [7, 11) is -1.38. The van der Waals surface area contributed by atoms with Gasteiger partial charge < -0.3 is 28.1 Å². The number of halogens is 17. The van der Waals surface area contributed by atoms with Gasteiger partial charge in [-0.3, -0.25) is 5.32 Å². The molecule has 0 unspecified atom stereocenters. The minimum absolute atomic E-state index is 0.0577. The summed E-state index contributed by atoms with van der Waals surface area (Å²) in [6.45, 7) is 7.49. The Bertz CT molecular complexity index is 1990. The van der Waals surface area contributed by atoms with Gasteiger partial charge in [-0.1, -0.05) is 52.5 Å². The molecule has 9 nitrogen and oxygen atoms in total. The molecular formula is C41H46F17NO8Si. The SMILES string of the molecule is C=CCOC(=O)/C=C/[C@H](OC)[C@@H](OC(=O)Nc1ccc(OC)cc1)c1ccc(OCCO[Si](CCC(F)(F)C(F)(F)C(F)(F)C(F)(F)C(F)(F)C(F)(F)C(F)(F)C(F)(F)F)(C(C)C)C(C)C)cc1. The number of hydrogen-bond acceptors (Lipinski definition) is 8. The normalized spacial score (nSPS) is 14.8. The Morgan fingerprint density at radius 1 is 0.676 bits per heavy atom. The summed E-state index contributed by atoms with van der Waals surface area (Å²) in [5, 5.41) is 2.51. The first-order valence-corrected chi connectivity index (χ1v) is 21.9. The molecule has 0 fully saturated rings. The summed E-state index contributed by atoms with van der Waals surface area (Å²) in [4.78, 5) is 25.1. The van der Waals surface area contributed by atoms with Crippen LogP contribution in [0.4, 0.5) is 85.1 Å². The molecular weight excluding hydrogens is 986 g/mol. The van der Waals surface area contributed by atoms with Gasteiger partial charge in [0, 0.05) is 25.3 Å². The third-order valence-corrected chi connectivity index (χ3v) is 16.1. The van der Waals surface area contributed by atoms with Crippen LogP contribution < -0.4 is 14.8 Å². The van der Waals surface area contributed by atoms with Crippen LogP contribution in [0.5, 0.6) is 11.5 Å². The zero-order valence-electron chi connectivity index (χ0n) is 36.6. The molecule has 2 aromatic carbocycles. The molecule has 0 radical (unpaired) electrons. The second-order valence-electron chi connectivity index (χ2n) is 15.3. The third-order valence-electron chi connectivity index (χ3n) is 10.4. The number of alkyl halides is 17. The van der Waals surface area contributed by atoms with E-state index in [0.29, 0.717) is 11.4 Å². The molecule has 0 saturated heterocycles. The molecule has 0 aliphatic heterocycles. The molecule has 0 heterocycles. The van der Waals surface area contributed by atoms with Crippen molar-refractivity contribution < 1.29 is 112 Å². The Morgan fingerprint density at radius 3 is 1.62 bits per heavy atom. The van der Waals surface area contributed by atoms with Crippen LogP contribution >= 0.6 is 0 Å². The highest BCUT2D eigenvalue weighted by Crippen LogP contribution is 2.64. The van der Waals surface area contributed by atoms with Crippen molar-refractivity contribution in [2.45, 2.75) is 111 Å². The highest BCUT2D eigenvalue weighted by atomic mass is 28.4. The van der Waals surface area contributed by atoms with Crippen molar-refractivity contribution in [1.82, 2.24) is 0 Å². The van der Waals surface area contributed by atoms with Crippen LogP contribution in [0.25, 0.3) is 0 Å². The monoisotopic (exact) mass is 1030 g/mol. The molecule has 0 aliphatic carbocycles. The fourth-order valence-electron chi connectivity index (χ4n) is 6.43. The molecule has 386 valence electrons. The lowest BCUT2D eigenvalue weighted by atomic mass is 9.88. The van der Waals surface area contributed by atoms with E-state index in [2.05, 4.69) is 11.9 Å². The van der Waals surface area contributed by atoms with E-state index in [1.165, 1.54) is 90.5 Å². The summed E-state index contributed by atoms with van der Waals surface area (Å²) < 4.78 is 269. The van der Waals surface area contributed by atoms with Crippen molar-refractivity contribution in [2.24, 2.45) is 0 Å². The van der Waals surface area contributed by atoms with E-state index in [1.54, 1.807) is 12.1 Å². The highest BCUT2D eigenvalue weighted by molar-refractivity contribution is 6.76. The van der Waals surface area contributed by atoms with E-state index in [4.69, 9.17) is 28.1 Å². The lowest BCUT2D eigenvalue weighted by molar-refractivity contribution is -0.461. The van der Waals surface area contributed by atoms with Gasteiger partial charge in [-0.25, -0.2) is 9.59 Å². The van der Waals surface area contributed by atoms with Gasteiger partial charge >= 0.3 is 59.7 Å². The molecule has 0 aliphatic rings. The molecule has 27 heteroatoms. The van der Waals surface area contributed by atoms with Crippen molar-refractivity contribution in [3.63, 3.8) is 0 Å². The van der Waals surface area contributed by atoms with Gasteiger partial charge in [-0.05, 0) is 65.2 Å². The maximum Gasteiger partial charge on any atom is 0.460 e.